The van der Waals surface area contributed by atoms with Gasteiger partial charge in [0.05, 0.1) is 7.11 Å². The Morgan fingerprint density at radius 2 is 2.05 bits per heavy atom. The topological polar surface area (TPSA) is 61.3 Å². The first-order chi connectivity index (χ1) is 10.0. The molecule has 5 nitrogen and oxygen atoms in total. The van der Waals surface area contributed by atoms with Crippen LogP contribution in [0.5, 0.6) is 5.75 Å². The molecule has 2 aromatic rings. The first-order valence-electron chi connectivity index (χ1n) is 6.34. The summed E-state index contributed by atoms with van der Waals surface area (Å²) in [6.07, 6.45) is 0.938. The van der Waals surface area contributed by atoms with E-state index in [0.29, 0.717) is 0 Å². The second-order valence-corrected chi connectivity index (χ2v) is 5.33. The number of rotatable bonds is 4. The van der Waals surface area contributed by atoms with Gasteiger partial charge in [-0.2, -0.15) is 0 Å². The molecule has 0 aliphatic rings. The van der Waals surface area contributed by atoms with Crippen LogP contribution in [0.4, 0.5) is 0 Å². The molecule has 1 aromatic heterocycles. The van der Waals surface area contributed by atoms with Crippen LogP contribution in [0, 0.1) is 6.92 Å². The van der Waals surface area contributed by atoms with Crippen molar-refractivity contribution in [2.24, 2.45) is 0 Å². The molecule has 0 N–H and O–H groups in total. The van der Waals surface area contributed by atoms with Crippen molar-refractivity contribution in [1.82, 2.24) is 9.97 Å². The average Bonchev–Trinajstić information content (AvgIpc) is 2.46. The fraction of sp³-hybridized carbons (Fsp3) is 0.267. The summed E-state index contributed by atoms with van der Waals surface area (Å²) in [4.78, 5) is 19.9. The number of ether oxygens (including phenoxy) is 2. The summed E-state index contributed by atoms with van der Waals surface area (Å²) in [6, 6.07) is 7.10. The predicted octanol–water partition coefficient (Wildman–Crippen LogP) is 3.47. The van der Waals surface area contributed by atoms with Crippen molar-refractivity contribution < 1.29 is 14.3 Å². The second kappa shape index (κ2) is 6.67. The maximum absolute atomic E-state index is 12.1. The van der Waals surface area contributed by atoms with Crippen molar-refractivity contribution >= 4 is 21.9 Å². The Balaban J connectivity index is 2.14. The van der Waals surface area contributed by atoms with E-state index in [1.54, 1.807) is 27.0 Å². The van der Waals surface area contributed by atoms with Crippen molar-refractivity contribution in [2.75, 3.05) is 7.11 Å². The summed E-state index contributed by atoms with van der Waals surface area (Å²) < 4.78 is 11.4. The van der Waals surface area contributed by atoms with E-state index in [2.05, 4.69) is 25.9 Å². The number of benzene rings is 1. The van der Waals surface area contributed by atoms with E-state index in [1.807, 2.05) is 18.2 Å². The highest BCUT2D eigenvalue weighted by molar-refractivity contribution is 9.10. The number of carbonyl (C=O) groups is 1. The fourth-order valence-corrected chi connectivity index (χ4v) is 2.50. The van der Waals surface area contributed by atoms with Gasteiger partial charge < -0.3 is 9.47 Å². The quantitative estimate of drug-likeness (QED) is 0.790. The molecule has 2 rings (SSSR count). The normalized spacial score (nSPS) is 11.8. The van der Waals surface area contributed by atoms with Crippen LogP contribution in [0.25, 0.3) is 0 Å². The lowest BCUT2D eigenvalue weighted by Crippen LogP contribution is -2.11. The summed E-state index contributed by atoms with van der Waals surface area (Å²) >= 11 is 3.45. The van der Waals surface area contributed by atoms with Gasteiger partial charge in [-0.25, -0.2) is 14.8 Å². The van der Waals surface area contributed by atoms with Gasteiger partial charge in [-0.3, -0.25) is 0 Å². The highest BCUT2D eigenvalue weighted by Crippen LogP contribution is 2.29. The van der Waals surface area contributed by atoms with Gasteiger partial charge in [0.25, 0.3) is 0 Å². The Labute approximate surface area is 131 Å². The van der Waals surface area contributed by atoms with E-state index in [9.17, 15) is 4.79 Å². The number of carbonyl (C=O) groups excluding carboxylic acids is 1. The molecule has 6 heteroatoms. The molecule has 0 amide bonds. The molecule has 0 aliphatic heterocycles. The molecule has 0 spiro atoms. The van der Waals surface area contributed by atoms with E-state index >= 15 is 0 Å². The molecule has 1 atom stereocenters. The number of halogens is 1. The highest BCUT2D eigenvalue weighted by atomic mass is 79.9. The van der Waals surface area contributed by atoms with E-state index in [1.165, 1.54) is 6.33 Å². The minimum atomic E-state index is -0.476. The lowest BCUT2D eigenvalue weighted by Gasteiger charge is -2.15. The Morgan fingerprint density at radius 3 is 2.67 bits per heavy atom. The van der Waals surface area contributed by atoms with Gasteiger partial charge in [0.2, 0.25) is 0 Å². The molecule has 0 fully saturated rings. The number of hydrogen-bond donors (Lipinski definition) is 0. The largest absolute Gasteiger partial charge is 0.497 e. The Morgan fingerprint density at radius 1 is 1.29 bits per heavy atom. The Kier molecular flexibility index (Phi) is 4.90. The molecular formula is C15H15BrN2O3. The van der Waals surface area contributed by atoms with E-state index < -0.39 is 12.1 Å². The molecule has 0 saturated carbocycles. The van der Waals surface area contributed by atoms with Crippen LogP contribution < -0.4 is 4.74 Å². The Hall–Kier alpha value is -1.95. The highest BCUT2D eigenvalue weighted by Gasteiger charge is 2.17. The van der Waals surface area contributed by atoms with Gasteiger partial charge in [0.1, 0.15) is 18.2 Å². The average molecular weight is 351 g/mol. The summed E-state index contributed by atoms with van der Waals surface area (Å²) in [5.41, 5.74) is 1.82. The standard InChI is InChI=1S/C15H15BrN2O3/c1-9-6-14(18-8-17-9)15(19)21-10(2)12-5-4-11(20-3)7-13(12)16/h4-8,10H,1-3H3/t10-/m1/s1. The van der Waals surface area contributed by atoms with Crippen molar-refractivity contribution in [2.45, 2.75) is 20.0 Å². The van der Waals surface area contributed by atoms with Crippen LogP contribution in [0.3, 0.4) is 0 Å². The van der Waals surface area contributed by atoms with Crippen LogP contribution in [-0.2, 0) is 4.74 Å². The van der Waals surface area contributed by atoms with E-state index in [0.717, 1.165) is 21.5 Å². The summed E-state index contributed by atoms with van der Waals surface area (Å²) in [5, 5.41) is 0. The molecule has 1 aromatic carbocycles. The maximum atomic E-state index is 12.1. The van der Waals surface area contributed by atoms with Crippen LogP contribution >= 0.6 is 15.9 Å². The number of methoxy groups -OCH3 is 1. The molecule has 21 heavy (non-hydrogen) atoms. The number of esters is 1. The lowest BCUT2D eigenvalue weighted by molar-refractivity contribution is 0.0329. The second-order valence-electron chi connectivity index (χ2n) is 4.48. The van der Waals surface area contributed by atoms with E-state index in [-0.39, 0.29) is 5.69 Å². The van der Waals surface area contributed by atoms with Gasteiger partial charge in [-0.1, -0.05) is 22.0 Å². The molecular weight excluding hydrogens is 336 g/mol. The third-order valence-corrected chi connectivity index (χ3v) is 3.63. The van der Waals surface area contributed by atoms with Gasteiger partial charge in [0, 0.05) is 15.7 Å². The predicted molar refractivity (Wildman–Crippen MR) is 81.3 cm³/mol. The SMILES string of the molecule is COc1ccc([C@@H](C)OC(=O)c2cc(C)ncn2)c(Br)c1. The van der Waals surface area contributed by atoms with Gasteiger partial charge in [0.15, 0.2) is 5.69 Å². The summed E-state index contributed by atoms with van der Waals surface area (Å²) in [5.74, 6) is 0.256. The monoisotopic (exact) mass is 350 g/mol. The van der Waals surface area contributed by atoms with Crippen molar-refractivity contribution in [3.63, 3.8) is 0 Å². The van der Waals surface area contributed by atoms with Crippen LogP contribution in [0.2, 0.25) is 0 Å². The van der Waals surface area contributed by atoms with Gasteiger partial charge in [-0.15, -0.1) is 0 Å². The number of nitrogens with zero attached hydrogens (tertiary/aromatic N) is 2. The summed E-state index contributed by atoms with van der Waals surface area (Å²) in [7, 11) is 1.60. The first kappa shape index (κ1) is 15.4. The summed E-state index contributed by atoms with van der Waals surface area (Å²) in [6.45, 7) is 3.60. The zero-order chi connectivity index (χ0) is 15.4. The molecule has 0 bridgehead atoms. The zero-order valence-corrected chi connectivity index (χ0v) is 13.5. The van der Waals surface area contributed by atoms with Crippen molar-refractivity contribution in [3.05, 3.63) is 52.0 Å². The molecule has 0 radical (unpaired) electrons. The van der Waals surface area contributed by atoms with E-state index in [4.69, 9.17) is 9.47 Å². The maximum Gasteiger partial charge on any atom is 0.357 e. The van der Waals surface area contributed by atoms with Crippen molar-refractivity contribution in [3.8, 4) is 5.75 Å². The fourth-order valence-electron chi connectivity index (χ4n) is 1.82. The zero-order valence-electron chi connectivity index (χ0n) is 12.0. The first-order valence-corrected chi connectivity index (χ1v) is 7.13. The Bertz CT molecular complexity index is 661. The number of hydrogen-bond acceptors (Lipinski definition) is 5. The minimum Gasteiger partial charge on any atom is -0.497 e. The van der Waals surface area contributed by atoms with Gasteiger partial charge >= 0.3 is 5.97 Å². The molecule has 110 valence electrons. The molecule has 0 saturated heterocycles. The van der Waals surface area contributed by atoms with Crippen molar-refractivity contribution in [1.29, 1.82) is 0 Å². The van der Waals surface area contributed by atoms with Crippen LogP contribution in [0.15, 0.2) is 35.1 Å². The number of aromatic nitrogens is 2. The van der Waals surface area contributed by atoms with Crippen LogP contribution in [0.1, 0.15) is 34.8 Å². The molecule has 1 heterocycles. The lowest BCUT2D eigenvalue weighted by atomic mass is 10.1. The smallest absolute Gasteiger partial charge is 0.357 e. The number of aryl methyl sites for hydroxylation is 1. The van der Waals surface area contributed by atoms with Crippen LogP contribution in [-0.4, -0.2) is 23.0 Å². The molecule has 0 aliphatic carbocycles. The third-order valence-electron chi connectivity index (χ3n) is 2.94. The third kappa shape index (κ3) is 3.78. The minimum absolute atomic E-state index is 0.249. The molecule has 0 unspecified atom stereocenters. The van der Waals surface area contributed by atoms with Gasteiger partial charge in [-0.05, 0) is 32.0 Å².